The summed E-state index contributed by atoms with van der Waals surface area (Å²) in [7, 11) is 1.91. The van der Waals surface area contributed by atoms with Crippen molar-refractivity contribution in [1.29, 1.82) is 0 Å². The van der Waals surface area contributed by atoms with Gasteiger partial charge in [0.1, 0.15) is 5.82 Å². The number of likely N-dealkylation sites (tertiary alicyclic amines) is 1. The summed E-state index contributed by atoms with van der Waals surface area (Å²) in [5.41, 5.74) is 0.457. The van der Waals surface area contributed by atoms with E-state index in [4.69, 9.17) is 11.6 Å². The van der Waals surface area contributed by atoms with Crippen LogP contribution in [-0.2, 0) is 0 Å². The number of hydrogen-bond donors (Lipinski definition) is 0. The molecule has 3 aromatic rings. The number of fused-ring (bicyclic) bond motifs is 2. The minimum absolute atomic E-state index is 0.195. The van der Waals surface area contributed by atoms with Gasteiger partial charge in [-0.1, -0.05) is 11.6 Å². The summed E-state index contributed by atoms with van der Waals surface area (Å²) >= 11 is 5.92. The SMILES string of the molecule is CN(CC12CCC(CN1C(=O)c1cc(F)ccc1-c1ncccn1)C2)c1ncc(Cl)cn1. The van der Waals surface area contributed by atoms with Crippen LogP contribution in [0.3, 0.4) is 0 Å². The largest absolute Gasteiger partial charge is 0.342 e. The fraction of sp³-hybridized carbons (Fsp3) is 0.348. The first-order valence-electron chi connectivity index (χ1n) is 10.5. The second kappa shape index (κ2) is 8.09. The number of piperidine rings is 1. The standard InChI is InChI=1S/C23H22ClFN6O/c1-30(22-28-11-16(24)12-29-22)14-23-6-5-15(10-23)13-31(23)21(32)19-9-17(25)3-4-18(19)20-26-7-2-8-27-20/h2-4,7-9,11-12,15H,5-6,10,13-14H2,1H3. The Kier molecular flexibility index (Phi) is 5.25. The molecule has 9 heteroatoms. The van der Waals surface area contributed by atoms with Crippen molar-refractivity contribution in [1.82, 2.24) is 24.8 Å². The molecule has 2 unspecified atom stereocenters. The van der Waals surface area contributed by atoms with E-state index in [-0.39, 0.29) is 17.0 Å². The molecule has 1 aromatic carbocycles. The molecule has 2 fully saturated rings. The van der Waals surface area contributed by atoms with Crippen LogP contribution >= 0.6 is 11.6 Å². The lowest BCUT2D eigenvalue weighted by Gasteiger charge is -2.41. The van der Waals surface area contributed by atoms with Crippen molar-refractivity contribution in [2.45, 2.75) is 24.8 Å². The van der Waals surface area contributed by atoms with E-state index in [0.717, 1.165) is 19.3 Å². The summed E-state index contributed by atoms with van der Waals surface area (Å²) in [6.45, 7) is 1.24. The van der Waals surface area contributed by atoms with Crippen molar-refractivity contribution in [3.05, 3.63) is 65.5 Å². The molecular weight excluding hydrogens is 431 g/mol. The molecule has 1 aliphatic carbocycles. The summed E-state index contributed by atoms with van der Waals surface area (Å²) in [6.07, 6.45) is 9.20. The Bertz CT molecular complexity index is 1140. The molecule has 1 amide bonds. The van der Waals surface area contributed by atoms with Crippen LogP contribution in [0.5, 0.6) is 0 Å². The number of carbonyl (C=O) groups is 1. The molecule has 0 spiro atoms. The maximum absolute atomic E-state index is 14.2. The molecule has 3 heterocycles. The highest BCUT2D eigenvalue weighted by Crippen LogP contribution is 2.48. The van der Waals surface area contributed by atoms with Crippen LogP contribution < -0.4 is 4.90 Å². The first-order valence-corrected chi connectivity index (χ1v) is 10.9. The zero-order valence-corrected chi connectivity index (χ0v) is 18.3. The molecule has 164 valence electrons. The predicted octanol–water partition coefficient (Wildman–Crippen LogP) is 3.86. The Hall–Kier alpha value is -3.13. The number of hydrogen-bond acceptors (Lipinski definition) is 6. The summed E-state index contributed by atoms with van der Waals surface area (Å²) in [5.74, 6) is 0.734. The molecule has 1 aliphatic heterocycles. The van der Waals surface area contributed by atoms with Crippen LogP contribution in [0.2, 0.25) is 5.02 Å². The molecule has 2 aromatic heterocycles. The zero-order chi connectivity index (χ0) is 22.3. The molecule has 2 atom stereocenters. The number of likely N-dealkylation sites (N-methyl/N-ethyl adjacent to an activating group) is 1. The Morgan fingerprint density at radius 2 is 2.00 bits per heavy atom. The number of anilines is 1. The van der Waals surface area contributed by atoms with Crippen molar-refractivity contribution in [2.24, 2.45) is 5.92 Å². The highest BCUT2D eigenvalue weighted by Gasteiger charge is 2.53. The third-order valence-corrected chi connectivity index (χ3v) is 6.64. The molecule has 0 radical (unpaired) electrons. The van der Waals surface area contributed by atoms with Crippen molar-refractivity contribution >= 4 is 23.5 Å². The third-order valence-electron chi connectivity index (χ3n) is 6.44. The number of aromatic nitrogens is 4. The van der Waals surface area contributed by atoms with Gasteiger partial charge in [0, 0.05) is 38.1 Å². The summed E-state index contributed by atoms with van der Waals surface area (Å²) in [6, 6.07) is 5.91. The quantitative estimate of drug-likeness (QED) is 0.585. The van der Waals surface area contributed by atoms with Crippen molar-refractivity contribution in [2.75, 3.05) is 25.0 Å². The lowest BCUT2D eigenvalue weighted by Crippen LogP contribution is -2.54. The zero-order valence-electron chi connectivity index (χ0n) is 17.6. The average molecular weight is 453 g/mol. The second-order valence-corrected chi connectivity index (χ2v) is 9.01. The molecule has 7 nitrogen and oxygen atoms in total. The molecule has 5 rings (SSSR count). The van der Waals surface area contributed by atoms with Crippen molar-refractivity contribution < 1.29 is 9.18 Å². The average Bonchev–Trinajstić information content (AvgIpc) is 3.37. The number of halogens is 2. The van der Waals surface area contributed by atoms with Gasteiger partial charge in [0.2, 0.25) is 5.95 Å². The van der Waals surface area contributed by atoms with Crippen molar-refractivity contribution in [3.8, 4) is 11.4 Å². The van der Waals surface area contributed by atoms with E-state index in [1.165, 1.54) is 12.1 Å². The van der Waals surface area contributed by atoms with E-state index in [0.29, 0.717) is 41.4 Å². The fourth-order valence-corrected chi connectivity index (χ4v) is 5.18. The van der Waals surface area contributed by atoms with Gasteiger partial charge in [0.05, 0.1) is 28.5 Å². The van der Waals surface area contributed by atoms with Gasteiger partial charge >= 0.3 is 0 Å². The van der Waals surface area contributed by atoms with Crippen molar-refractivity contribution in [3.63, 3.8) is 0 Å². The van der Waals surface area contributed by atoms with E-state index in [2.05, 4.69) is 19.9 Å². The Morgan fingerprint density at radius 3 is 2.72 bits per heavy atom. The van der Waals surface area contributed by atoms with Crippen LogP contribution in [0.25, 0.3) is 11.4 Å². The minimum atomic E-state index is -0.460. The Balaban J connectivity index is 1.47. The van der Waals surface area contributed by atoms with Gasteiger partial charge in [-0.3, -0.25) is 4.79 Å². The summed E-state index contributed by atoms with van der Waals surface area (Å²) in [5, 5.41) is 0.473. The lowest BCUT2D eigenvalue weighted by atomic mass is 9.94. The van der Waals surface area contributed by atoms with E-state index < -0.39 is 5.82 Å². The smallest absolute Gasteiger partial charge is 0.255 e. The number of nitrogens with zero attached hydrogens (tertiary/aromatic N) is 6. The van der Waals surface area contributed by atoms with E-state index in [1.54, 1.807) is 36.9 Å². The summed E-state index contributed by atoms with van der Waals surface area (Å²) < 4.78 is 14.2. The van der Waals surface area contributed by atoms with E-state index >= 15 is 0 Å². The predicted molar refractivity (Wildman–Crippen MR) is 119 cm³/mol. The fourth-order valence-electron chi connectivity index (χ4n) is 5.08. The van der Waals surface area contributed by atoms with Gasteiger partial charge in [-0.05, 0) is 49.4 Å². The molecule has 0 N–H and O–H groups in total. The van der Waals surface area contributed by atoms with Crippen LogP contribution in [0.4, 0.5) is 10.3 Å². The van der Waals surface area contributed by atoms with Crippen LogP contribution in [0.15, 0.2) is 49.1 Å². The van der Waals surface area contributed by atoms with Gasteiger partial charge in [0.25, 0.3) is 5.91 Å². The number of benzene rings is 1. The maximum atomic E-state index is 14.2. The monoisotopic (exact) mass is 452 g/mol. The molecule has 2 aliphatic rings. The first kappa shape index (κ1) is 20.8. The van der Waals surface area contributed by atoms with Gasteiger partial charge in [-0.2, -0.15) is 0 Å². The maximum Gasteiger partial charge on any atom is 0.255 e. The molecular formula is C23H22ClFN6O. The van der Waals surface area contributed by atoms with Gasteiger partial charge in [0.15, 0.2) is 5.82 Å². The van der Waals surface area contributed by atoms with E-state index in [9.17, 15) is 9.18 Å². The molecule has 1 saturated heterocycles. The van der Waals surface area contributed by atoms with Crippen LogP contribution in [0, 0.1) is 11.7 Å². The minimum Gasteiger partial charge on any atom is -0.342 e. The number of amides is 1. The normalized spacial score (nSPS) is 21.7. The van der Waals surface area contributed by atoms with Crippen LogP contribution in [-0.4, -0.2) is 56.4 Å². The number of rotatable bonds is 5. The van der Waals surface area contributed by atoms with Crippen LogP contribution in [0.1, 0.15) is 29.6 Å². The molecule has 32 heavy (non-hydrogen) atoms. The highest BCUT2D eigenvalue weighted by molar-refractivity contribution is 6.30. The highest BCUT2D eigenvalue weighted by atomic mass is 35.5. The molecule has 2 bridgehead atoms. The Labute approximate surface area is 190 Å². The van der Waals surface area contributed by atoms with E-state index in [1.807, 2.05) is 16.8 Å². The third kappa shape index (κ3) is 3.68. The Morgan fingerprint density at radius 1 is 1.25 bits per heavy atom. The molecule has 1 saturated carbocycles. The van der Waals surface area contributed by atoms with Gasteiger partial charge in [-0.25, -0.2) is 24.3 Å². The lowest BCUT2D eigenvalue weighted by molar-refractivity contribution is 0.0557. The number of carbonyl (C=O) groups excluding carboxylic acids is 1. The second-order valence-electron chi connectivity index (χ2n) is 8.57. The first-order chi connectivity index (χ1) is 15.4. The van der Waals surface area contributed by atoms with Gasteiger partial charge in [-0.15, -0.1) is 0 Å². The summed E-state index contributed by atoms with van der Waals surface area (Å²) in [4.78, 5) is 34.8. The van der Waals surface area contributed by atoms with Gasteiger partial charge < -0.3 is 9.80 Å². The topological polar surface area (TPSA) is 75.1 Å².